The minimum absolute atomic E-state index is 0.0579. The van der Waals surface area contributed by atoms with Gasteiger partial charge in [0.2, 0.25) is 0 Å². The van der Waals surface area contributed by atoms with E-state index in [0.717, 1.165) is 17.7 Å². The van der Waals surface area contributed by atoms with Gasteiger partial charge in [-0.25, -0.2) is 0 Å². The summed E-state index contributed by atoms with van der Waals surface area (Å²) in [6.45, 7) is 3.40. The summed E-state index contributed by atoms with van der Waals surface area (Å²) in [4.78, 5) is 14.2. The highest BCUT2D eigenvalue weighted by molar-refractivity contribution is 5.84. The largest absolute Gasteiger partial charge is 0.481 e. The number of benzene rings is 2. The third kappa shape index (κ3) is 4.46. The molecular weight excluding hydrogens is 276 g/mol. The van der Waals surface area contributed by atoms with Gasteiger partial charge in [-0.3, -0.25) is 4.79 Å². The van der Waals surface area contributed by atoms with E-state index in [9.17, 15) is 4.79 Å². The predicted octanol–water partition coefficient (Wildman–Crippen LogP) is 2.68. The van der Waals surface area contributed by atoms with Crippen LogP contribution >= 0.6 is 0 Å². The molecule has 0 saturated carbocycles. The third-order valence-electron chi connectivity index (χ3n) is 3.52. The maximum atomic E-state index is 12.2. The van der Waals surface area contributed by atoms with E-state index in [2.05, 4.69) is 11.4 Å². The van der Waals surface area contributed by atoms with Crippen LogP contribution < -0.4 is 10.1 Å². The molecule has 0 heterocycles. The second kappa shape index (κ2) is 7.80. The summed E-state index contributed by atoms with van der Waals surface area (Å²) in [7, 11) is 3.96. The number of hydrogen-bond donors (Lipinski definition) is 1. The molecule has 0 fully saturated rings. The van der Waals surface area contributed by atoms with Gasteiger partial charge >= 0.3 is 0 Å². The number of hydrogen-bond acceptors (Lipinski definition) is 3. The van der Waals surface area contributed by atoms with Gasteiger partial charge in [0, 0.05) is 13.1 Å². The summed E-state index contributed by atoms with van der Waals surface area (Å²) in [5.41, 5.74) is 0. The molecule has 0 aliphatic carbocycles. The summed E-state index contributed by atoms with van der Waals surface area (Å²) in [6.07, 6.45) is 0.184. The number of nitrogens with zero attached hydrogens (tertiary/aromatic N) is 1. The minimum atomic E-state index is -0.455. The van der Waals surface area contributed by atoms with Crippen molar-refractivity contribution in [2.75, 3.05) is 27.2 Å². The molecule has 1 N–H and O–H groups in total. The number of rotatable bonds is 7. The summed E-state index contributed by atoms with van der Waals surface area (Å²) >= 11 is 0. The number of likely N-dealkylation sites (N-methyl/N-ethyl adjacent to an activating group) is 1. The zero-order valence-corrected chi connectivity index (χ0v) is 13.5. The van der Waals surface area contributed by atoms with Crippen LogP contribution in [0.3, 0.4) is 0 Å². The molecule has 0 unspecified atom stereocenters. The number of amides is 1. The zero-order valence-electron chi connectivity index (χ0n) is 13.5. The van der Waals surface area contributed by atoms with Crippen LogP contribution in [0, 0.1) is 0 Å². The number of nitrogens with one attached hydrogen (secondary N) is 1. The van der Waals surface area contributed by atoms with Crippen molar-refractivity contribution in [3.05, 3.63) is 42.5 Å². The second-order valence-electron chi connectivity index (χ2n) is 5.62. The van der Waals surface area contributed by atoms with E-state index in [-0.39, 0.29) is 5.91 Å². The lowest BCUT2D eigenvalue weighted by Crippen LogP contribution is -2.40. The number of fused-ring (bicyclic) bond motifs is 1. The van der Waals surface area contributed by atoms with Crippen molar-refractivity contribution in [3.63, 3.8) is 0 Å². The van der Waals surface area contributed by atoms with Crippen molar-refractivity contribution in [2.45, 2.75) is 19.4 Å². The van der Waals surface area contributed by atoms with Crippen molar-refractivity contribution in [3.8, 4) is 5.75 Å². The number of ether oxygens (including phenoxy) is 1. The molecule has 0 spiro atoms. The van der Waals surface area contributed by atoms with E-state index in [1.54, 1.807) is 0 Å². The highest BCUT2D eigenvalue weighted by atomic mass is 16.5. The van der Waals surface area contributed by atoms with Crippen LogP contribution in [0.1, 0.15) is 13.3 Å². The van der Waals surface area contributed by atoms with Crippen LogP contribution in [0.15, 0.2) is 42.5 Å². The molecule has 4 heteroatoms. The molecule has 0 saturated heterocycles. The van der Waals surface area contributed by atoms with E-state index in [0.29, 0.717) is 13.0 Å². The molecule has 22 heavy (non-hydrogen) atoms. The summed E-state index contributed by atoms with van der Waals surface area (Å²) < 4.78 is 5.87. The van der Waals surface area contributed by atoms with Crippen LogP contribution in [0.2, 0.25) is 0 Å². The van der Waals surface area contributed by atoms with Gasteiger partial charge < -0.3 is 15.0 Å². The van der Waals surface area contributed by atoms with Crippen LogP contribution in [0.25, 0.3) is 10.8 Å². The lowest BCUT2D eigenvalue weighted by molar-refractivity contribution is -0.128. The maximum absolute atomic E-state index is 12.2. The molecule has 2 aromatic rings. The summed E-state index contributed by atoms with van der Waals surface area (Å²) in [6, 6.07) is 14.0. The topological polar surface area (TPSA) is 41.6 Å². The second-order valence-corrected chi connectivity index (χ2v) is 5.62. The summed E-state index contributed by atoms with van der Waals surface area (Å²) in [5, 5.41) is 5.20. The standard InChI is InChI=1S/C18H24N2O2/c1-4-17(18(21)19-11-12-20(2)3)22-16-10-9-14-7-5-6-8-15(14)13-16/h5-10,13,17H,4,11-12H2,1-3H3,(H,19,21)/t17-/m1/s1. The number of carbonyl (C=O) groups is 1. The fraction of sp³-hybridized carbons (Fsp3) is 0.389. The molecule has 0 radical (unpaired) electrons. The van der Waals surface area contributed by atoms with Gasteiger partial charge in [-0.05, 0) is 43.4 Å². The van der Waals surface area contributed by atoms with Gasteiger partial charge in [-0.2, -0.15) is 0 Å². The Bertz CT molecular complexity index is 625. The van der Waals surface area contributed by atoms with Crippen molar-refractivity contribution in [2.24, 2.45) is 0 Å². The van der Waals surface area contributed by atoms with Crippen molar-refractivity contribution in [1.82, 2.24) is 10.2 Å². The lowest BCUT2D eigenvalue weighted by Gasteiger charge is -2.18. The molecule has 0 aromatic heterocycles. The highest BCUT2D eigenvalue weighted by Gasteiger charge is 2.17. The molecule has 4 nitrogen and oxygen atoms in total. The zero-order chi connectivity index (χ0) is 15.9. The first kappa shape index (κ1) is 16.3. The Hall–Kier alpha value is -2.07. The monoisotopic (exact) mass is 300 g/mol. The fourth-order valence-corrected chi connectivity index (χ4v) is 2.24. The lowest BCUT2D eigenvalue weighted by atomic mass is 10.1. The first-order valence-corrected chi connectivity index (χ1v) is 7.68. The van der Waals surface area contributed by atoms with Gasteiger partial charge in [-0.15, -0.1) is 0 Å². The molecule has 0 aliphatic heterocycles. The van der Waals surface area contributed by atoms with Crippen molar-refractivity contribution in [1.29, 1.82) is 0 Å². The van der Waals surface area contributed by atoms with Crippen molar-refractivity contribution < 1.29 is 9.53 Å². The number of carbonyl (C=O) groups excluding carboxylic acids is 1. The average Bonchev–Trinajstić information content (AvgIpc) is 2.52. The first-order chi connectivity index (χ1) is 10.6. The van der Waals surface area contributed by atoms with Crippen LogP contribution in [0.4, 0.5) is 0 Å². The van der Waals surface area contributed by atoms with E-state index in [1.807, 2.05) is 62.3 Å². The molecular formula is C18H24N2O2. The average molecular weight is 300 g/mol. The molecule has 2 rings (SSSR count). The first-order valence-electron chi connectivity index (χ1n) is 7.68. The van der Waals surface area contributed by atoms with E-state index >= 15 is 0 Å². The molecule has 1 atom stereocenters. The predicted molar refractivity (Wildman–Crippen MR) is 90.2 cm³/mol. The Morgan fingerprint density at radius 3 is 2.59 bits per heavy atom. The molecule has 118 valence electrons. The molecule has 2 aromatic carbocycles. The van der Waals surface area contributed by atoms with E-state index < -0.39 is 6.10 Å². The Labute approximate surface area is 132 Å². The minimum Gasteiger partial charge on any atom is -0.481 e. The van der Waals surface area contributed by atoms with Crippen LogP contribution in [-0.4, -0.2) is 44.1 Å². The highest BCUT2D eigenvalue weighted by Crippen LogP contribution is 2.21. The molecule has 0 aliphatic rings. The van der Waals surface area contributed by atoms with Crippen LogP contribution in [-0.2, 0) is 4.79 Å². The molecule has 0 bridgehead atoms. The Kier molecular flexibility index (Phi) is 5.78. The normalized spacial score (nSPS) is 12.4. The fourth-order valence-electron chi connectivity index (χ4n) is 2.24. The molecule has 1 amide bonds. The maximum Gasteiger partial charge on any atom is 0.261 e. The van der Waals surface area contributed by atoms with Crippen LogP contribution in [0.5, 0.6) is 5.75 Å². The Morgan fingerprint density at radius 1 is 1.18 bits per heavy atom. The van der Waals surface area contributed by atoms with Gasteiger partial charge in [0.15, 0.2) is 6.10 Å². The van der Waals surface area contributed by atoms with E-state index in [1.165, 1.54) is 5.39 Å². The van der Waals surface area contributed by atoms with Gasteiger partial charge in [-0.1, -0.05) is 37.3 Å². The smallest absolute Gasteiger partial charge is 0.261 e. The van der Waals surface area contributed by atoms with Gasteiger partial charge in [0.1, 0.15) is 5.75 Å². The van der Waals surface area contributed by atoms with E-state index in [4.69, 9.17) is 4.74 Å². The van der Waals surface area contributed by atoms with Crippen molar-refractivity contribution >= 4 is 16.7 Å². The SMILES string of the molecule is CC[C@@H](Oc1ccc2ccccc2c1)C(=O)NCCN(C)C. The quantitative estimate of drug-likeness (QED) is 0.855. The van der Waals surface area contributed by atoms with Gasteiger partial charge in [0.25, 0.3) is 5.91 Å². The third-order valence-corrected chi connectivity index (χ3v) is 3.52. The Balaban J connectivity index is 2.00. The summed E-state index contributed by atoms with van der Waals surface area (Å²) in [5.74, 6) is 0.672. The Morgan fingerprint density at radius 2 is 1.91 bits per heavy atom. The van der Waals surface area contributed by atoms with Gasteiger partial charge in [0.05, 0.1) is 0 Å².